The fourth-order valence-corrected chi connectivity index (χ4v) is 2.24. The van der Waals surface area contributed by atoms with Crippen molar-refractivity contribution in [2.75, 3.05) is 0 Å². The van der Waals surface area contributed by atoms with Crippen molar-refractivity contribution in [1.82, 2.24) is 9.97 Å². The highest BCUT2D eigenvalue weighted by Gasteiger charge is 2.29. The van der Waals surface area contributed by atoms with E-state index in [4.69, 9.17) is 9.47 Å². The average Bonchev–Trinajstić information content (AvgIpc) is 2.39. The second-order valence-electron chi connectivity index (χ2n) is 5.13. The number of nitrogens with zero attached hydrogens (tertiary/aromatic N) is 3. The lowest BCUT2D eigenvalue weighted by Crippen LogP contribution is -2.21. The van der Waals surface area contributed by atoms with Gasteiger partial charge in [0.1, 0.15) is 12.4 Å². The SMILES string of the molecule is CC(C)Oc1ncnc(OC2CCCCC2)c1[N+](=O)[O-]. The minimum absolute atomic E-state index is 0.00699. The lowest BCUT2D eigenvalue weighted by Gasteiger charge is -2.22. The Morgan fingerprint density at radius 2 is 1.90 bits per heavy atom. The van der Waals surface area contributed by atoms with E-state index in [2.05, 4.69) is 9.97 Å². The summed E-state index contributed by atoms with van der Waals surface area (Å²) in [5.74, 6) is -0.0293. The van der Waals surface area contributed by atoms with Crippen LogP contribution in [0.1, 0.15) is 46.0 Å². The number of aromatic nitrogens is 2. The maximum Gasteiger partial charge on any atom is 0.392 e. The van der Waals surface area contributed by atoms with Crippen LogP contribution >= 0.6 is 0 Å². The van der Waals surface area contributed by atoms with Crippen LogP contribution in [0, 0.1) is 10.1 Å². The topological polar surface area (TPSA) is 87.4 Å². The first kappa shape index (κ1) is 14.5. The minimum atomic E-state index is -0.546. The van der Waals surface area contributed by atoms with Crippen LogP contribution in [0.15, 0.2) is 6.33 Å². The fourth-order valence-electron chi connectivity index (χ4n) is 2.24. The first-order valence-electron chi connectivity index (χ1n) is 6.90. The molecule has 0 atom stereocenters. The van der Waals surface area contributed by atoms with Gasteiger partial charge in [0.05, 0.1) is 11.0 Å². The van der Waals surface area contributed by atoms with Crippen LogP contribution < -0.4 is 9.47 Å². The molecule has 2 rings (SSSR count). The first-order valence-corrected chi connectivity index (χ1v) is 6.90. The molecule has 0 unspecified atom stereocenters. The average molecular weight is 281 g/mol. The minimum Gasteiger partial charge on any atom is -0.470 e. The van der Waals surface area contributed by atoms with Gasteiger partial charge in [0.25, 0.3) is 0 Å². The van der Waals surface area contributed by atoms with Gasteiger partial charge in [-0.3, -0.25) is 10.1 Å². The number of ether oxygens (including phenoxy) is 2. The zero-order valence-electron chi connectivity index (χ0n) is 11.7. The van der Waals surface area contributed by atoms with E-state index in [9.17, 15) is 10.1 Å². The van der Waals surface area contributed by atoms with Crippen molar-refractivity contribution in [2.45, 2.75) is 58.2 Å². The Hall–Kier alpha value is -1.92. The van der Waals surface area contributed by atoms with E-state index in [-0.39, 0.29) is 29.7 Å². The molecule has 0 N–H and O–H groups in total. The van der Waals surface area contributed by atoms with E-state index in [0.717, 1.165) is 25.7 Å². The van der Waals surface area contributed by atoms with E-state index < -0.39 is 4.92 Å². The Balaban J connectivity index is 2.24. The second-order valence-corrected chi connectivity index (χ2v) is 5.13. The van der Waals surface area contributed by atoms with Gasteiger partial charge in [0.2, 0.25) is 0 Å². The highest BCUT2D eigenvalue weighted by molar-refractivity contribution is 5.49. The van der Waals surface area contributed by atoms with Crippen molar-refractivity contribution in [2.24, 2.45) is 0 Å². The number of hydrogen-bond acceptors (Lipinski definition) is 6. The molecule has 110 valence electrons. The van der Waals surface area contributed by atoms with Gasteiger partial charge < -0.3 is 9.47 Å². The zero-order chi connectivity index (χ0) is 14.5. The maximum atomic E-state index is 11.2. The monoisotopic (exact) mass is 281 g/mol. The highest BCUT2D eigenvalue weighted by atomic mass is 16.6. The Kier molecular flexibility index (Phi) is 4.70. The predicted molar refractivity (Wildman–Crippen MR) is 72.0 cm³/mol. The summed E-state index contributed by atoms with van der Waals surface area (Å²) >= 11 is 0. The summed E-state index contributed by atoms with van der Waals surface area (Å²) in [7, 11) is 0. The molecule has 0 amide bonds. The summed E-state index contributed by atoms with van der Waals surface area (Å²) in [6, 6.07) is 0. The lowest BCUT2D eigenvalue weighted by molar-refractivity contribution is -0.387. The molecule has 20 heavy (non-hydrogen) atoms. The Morgan fingerprint density at radius 3 is 2.50 bits per heavy atom. The van der Waals surface area contributed by atoms with E-state index in [0.29, 0.717) is 0 Å². The Labute approximate surface area is 117 Å². The number of rotatable bonds is 5. The van der Waals surface area contributed by atoms with Crippen LogP contribution in [-0.4, -0.2) is 27.1 Å². The molecule has 1 aromatic rings. The molecule has 1 saturated carbocycles. The van der Waals surface area contributed by atoms with Crippen molar-refractivity contribution in [1.29, 1.82) is 0 Å². The molecular weight excluding hydrogens is 262 g/mol. The summed E-state index contributed by atoms with van der Waals surface area (Å²) < 4.78 is 11.1. The van der Waals surface area contributed by atoms with Crippen molar-refractivity contribution in [3.05, 3.63) is 16.4 Å². The van der Waals surface area contributed by atoms with Crippen LogP contribution in [0.25, 0.3) is 0 Å². The molecule has 1 heterocycles. The smallest absolute Gasteiger partial charge is 0.392 e. The summed E-state index contributed by atoms with van der Waals surface area (Å²) in [6.45, 7) is 3.57. The van der Waals surface area contributed by atoms with Crippen molar-refractivity contribution in [3.63, 3.8) is 0 Å². The Bertz CT molecular complexity index is 473. The molecule has 0 bridgehead atoms. The predicted octanol–water partition coefficient (Wildman–Crippen LogP) is 2.88. The summed E-state index contributed by atoms with van der Waals surface area (Å²) in [5.41, 5.74) is -0.285. The van der Waals surface area contributed by atoms with Crippen LogP contribution in [0.2, 0.25) is 0 Å². The van der Waals surface area contributed by atoms with Crippen LogP contribution in [0.3, 0.4) is 0 Å². The molecule has 0 spiro atoms. The van der Waals surface area contributed by atoms with Crippen molar-refractivity contribution in [3.8, 4) is 11.8 Å². The number of nitro groups is 1. The lowest BCUT2D eigenvalue weighted by atomic mass is 9.98. The van der Waals surface area contributed by atoms with E-state index in [1.54, 1.807) is 13.8 Å². The molecule has 0 aromatic carbocycles. The molecule has 1 fully saturated rings. The number of hydrogen-bond donors (Lipinski definition) is 0. The van der Waals surface area contributed by atoms with Crippen LogP contribution in [-0.2, 0) is 0 Å². The van der Waals surface area contributed by atoms with Gasteiger partial charge in [0.15, 0.2) is 0 Å². The summed E-state index contributed by atoms with van der Waals surface area (Å²) in [5, 5.41) is 11.2. The van der Waals surface area contributed by atoms with Gasteiger partial charge in [-0.2, -0.15) is 9.97 Å². The highest BCUT2D eigenvalue weighted by Crippen LogP contribution is 2.35. The normalized spacial score (nSPS) is 16.1. The molecule has 1 aliphatic carbocycles. The molecule has 1 aromatic heterocycles. The van der Waals surface area contributed by atoms with Gasteiger partial charge in [-0.25, -0.2) is 0 Å². The maximum absolute atomic E-state index is 11.2. The van der Waals surface area contributed by atoms with Gasteiger partial charge in [-0.15, -0.1) is 0 Å². The van der Waals surface area contributed by atoms with Gasteiger partial charge in [-0.1, -0.05) is 6.42 Å². The van der Waals surface area contributed by atoms with E-state index >= 15 is 0 Å². The second kappa shape index (κ2) is 6.49. The summed E-state index contributed by atoms with van der Waals surface area (Å²) in [6.07, 6.45) is 6.19. The van der Waals surface area contributed by atoms with Crippen molar-refractivity contribution >= 4 is 5.69 Å². The van der Waals surface area contributed by atoms with E-state index in [1.165, 1.54) is 12.7 Å². The van der Waals surface area contributed by atoms with Gasteiger partial charge >= 0.3 is 17.4 Å². The summed E-state index contributed by atoms with van der Waals surface area (Å²) in [4.78, 5) is 18.4. The molecule has 7 nitrogen and oxygen atoms in total. The van der Waals surface area contributed by atoms with Crippen molar-refractivity contribution < 1.29 is 14.4 Å². The van der Waals surface area contributed by atoms with Crippen LogP contribution in [0.4, 0.5) is 5.69 Å². The zero-order valence-corrected chi connectivity index (χ0v) is 11.7. The molecular formula is C13H19N3O4. The van der Waals surface area contributed by atoms with E-state index in [1.807, 2.05) is 0 Å². The fraction of sp³-hybridized carbons (Fsp3) is 0.692. The quantitative estimate of drug-likeness (QED) is 0.609. The standard InChI is InChI=1S/C13H19N3O4/c1-9(2)19-12-11(16(17)18)13(15-8-14-12)20-10-6-4-3-5-7-10/h8-10H,3-7H2,1-2H3. The molecule has 0 aliphatic heterocycles. The Morgan fingerprint density at radius 1 is 1.25 bits per heavy atom. The van der Waals surface area contributed by atoms with Gasteiger partial charge in [-0.05, 0) is 39.5 Å². The first-order chi connectivity index (χ1) is 9.58. The third-order valence-corrected chi connectivity index (χ3v) is 3.12. The molecule has 7 heteroatoms. The largest absolute Gasteiger partial charge is 0.470 e. The molecule has 0 saturated heterocycles. The van der Waals surface area contributed by atoms with Crippen LogP contribution in [0.5, 0.6) is 11.8 Å². The molecule has 1 aliphatic rings. The molecule has 0 radical (unpaired) electrons. The third-order valence-electron chi connectivity index (χ3n) is 3.12. The van der Waals surface area contributed by atoms with Gasteiger partial charge in [0, 0.05) is 0 Å². The third kappa shape index (κ3) is 3.55.